The minimum Gasteiger partial charge on any atom is -0.355 e. The molecule has 1 atom stereocenters. The molecule has 1 aromatic rings. The van der Waals surface area contributed by atoms with Crippen LogP contribution in [0.1, 0.15) is 6.42 Å². The van der Waals surface area contributed by atoms with E-state index in [1.54, 1.807) is 6.20 Å². The number of hydrogen-bond donors (Lipinski definition) is 1. The zero-order valence-corrected chi connectivity index (χ0v) is 9.22. The molecule has 0 saturated carbocycles. The average Bonchev–Trinajstić information content (AvgIpc) is 2.65. The number of aromatic nitrogens is 2. The van der Waals surface area contributed by atoms with Gasteiger partial charge >= 0.3 is 0 Å². The molecule has 15 heavy (non-hydrogen) atoms. The molecule has 2 rings (SSSR count). The van der Waals surface area contributed by atoms with Crippen LogP contribution in [0.2, 0.25) is 0 Å². The summed E-state index contributed by atoms with van der Waals surface area (Å²) < 4.78 is 0. The van der Waals surface area contributed by atoms with E-state index < -0.39 is 0 Å². The summed E-state index contributed by atoms with van der Waals surface area (Å²) in [6.07, 6.45) is 2.84. The Labute approximate surface area is 89.9 Å². The van der Waals surface area contributed by atoms with Gasteiger partial charge in [-0.3, -0.25) is 0 Å². The van der Waals surface area contributed by atoms with Crippen LogP contribution in [-0.2, 0) is 0 Å². The molecular formula is C10H17N5. The van der Waals surface area contributed by atoms with Gasteiger partial charge in [-0.2, -0.15) is 4.98 Å². The van der Waals surface area contributed by atoms with Crippen LogP contribution in [0.3, 0.4) is 0 Å². The molecule has 1 saturated heterocycles. The molecule has 1 fully saturated rings. The third-order valence-electron chi connectivity index (χ3n) is 2.58. The molecule has 2 N–H and O–H groups in total. The maximum Gasteiger partial charge on any atom is 0.226 e. The summed E-state index contributed by atoms with van der Waals surface area (Å²) in [7, 11) is 3.88. The van der Waals surface area contributed by atoms with E-state index >= 15 is 0 Å². The Morgan fingerprint density at radius 1 is 1.53 bits per heavy atom. The quantitative estimate of drug-likeness (QED) is 0.744. The van der Waals surface area contributed by atoms with Gasteiger partial charge in [0.05, 0.1) is 0 Å². The van der Waals surface area contributed by atoms with E-state index in [2.05, 4.69) is 14.9 Å². The van der Waals surface area contributed by atoms with Crippen LogP contribution >= 0.6 is 0 Å². The summed E-state index contributed by atoms with van der Waals surface area (Å²) in [6, 6.07) is 2.22. The van der Waals surface area contributed by atoms with E-state index in [0.717, 1.165) is 31.3 Å². The maximum atomic E-state index is 5.86. The van der Waals surface area contributed by atoms with Crippen molar-refractivity contribution in [1.82, 2.24) is 9.97 Å². The van der Waals surface area contributed by atoms with Crippen LogP contribution in [0.15, 0.2) is 12.3 Å². The van der Waals surface area contributed by atoms with Crippen LogP contribution < -0.4 is 15.5 Å². The fourth-order valence-corrected chi connectivity index (χ4v) is 1.73. The summed E-state index contributed by atoms with van der Waals surface area (Å²) in [5.74, 6) is 1.72. The van der Waals surface area contributed by atoms with Gasteiger partial charge in [0.25, 0.3) is 0 Å². The van der Waals surface area contributed by atoms with Crippen molar-refractivity contribution in [2.75, 3.05) is 37.0 Å². The molecule has 2 heterocycles. The molecule has 1 aliphatic rings. The molecule has 0 aliphatic carbocycles. The lowest BCUT2D eigenvalue weighted by Gasteiger charge is -2.18. The fourth-order valence-electron chi connectivity index (χ4n) is 1.73. The van der Waals surface area contributed by atoms with Crippen molar-refractivity contribution in [3.8, 4) is 0 Å². The standard InChI is InChI=1S/C10H17N5/c1-14(2)10-12-5-3-9(13-10)15-6-4-8(11)7-15/h3,5,8H,4,6-7,11H2,1-2H3. The average molecular weight is 207 g/mol. The number of rotatable bonds is 2. The Morgan fingerprint density at radius 3 is 2.93 bits per heavy atom. The normalized spacial score (nSPS) is 20.7. The van der Waals surface area contributed by atoms with Gasteiger partial charge in [0.15, 0.2) is 0 Å². The van der Waals surface area contributed by atoms with Crippen molar-refractivity contribution in [1.29, 1.82) is 0 Å². The maximum absolute atomic E-state index is 5.86. The van der Waals surface area contributed by atoms with Gasteiger partial charge in [0.2, 0.25) is 5.95 Å². The number of anilines is 2. The summed E-state index contributed by atoms with van der Waals surface area (Å²) in [6.45, 7) is 1.88. The van der Waals surface area contributed by atoms with E-state index in [1.165, 1.54) is 0 Å². The van der Waals surface area contributed by atoms with Crippen molar-refractivity contribution in [3.05, 3.63) is 12.3 Å². The Bertz CT molecular complexity index is 338. The summed E-state index contributed by atoms with van der Waals surface area (Å²) >= 11 is 0. The second-order valence-electron chi connectivity index (χ2n) is 4.10. The van der Waals surface area contributed by atoms with Crippen LogP contribution in [-0.4, -0.2) is 43.2 Å². The van der Waals surface area contributed by atoms with E-state index in [4.69, 9.17) is 5.73 Å². The third kappa shape index (κ3) is 2.18. The van der Waals surface area contributed by atoms with Crippen molar-refractivity contribution in [2.24, 2.45) is 5.73 Å². The molecule has 0 amide bonds. The Hall–Kier alpha value is -1.36. The van der Waals surface area contributed by atoms with Crippen molar-refractivity contribution >= 4 is 11.8 Å². The molecule has 82 valence electrons. The third-order valence-corrected chi connectivity index (χ3v) is 2.58. The molecular weight excluding hydrogens is 190 g/mol. The topological polar surface area (TPSA) is 58.3 Å². The highest BCUT2D eigenvalue weighted by Crippen LogP contribution is 2.18. The van der Waals surface area contributed by atoms with Gasteiger partial charge in [-0.15, -0.1) is 0 Å². The highest BCUT2D eigenvalue weighted by atomic mass is 15.3. The Kier molecular flexibility index (Phi) is 2.73. The lowest BCUT2D eigenvalue weighted by atomic mass is 10.3. The largest absolute Gasteiger partial charge is 0.355 e. The number of nitrogens with two attached hydrogens (primary N) is 1. The van der Waals surface area contributed by atoms with Gasteiger partial charge in [-0.1, -0.05) is 0 Å². The van der Waals surface area contributed by atoms with Crippen LogP contribution in [0.25, 0.3) is 0 Å². The number of nitrogens with zero attached hydrogens (tertiary/aromatic N) is 4. The van der Waals surface area contributed by atoms with Crippen LogP contribution in [0, 0.1) is 0 Å². The van der Waals surface area contributed by atoms with E-state index in [-0.39, 0.29) is 6.04 Å². The van der Waals surface area contributed by atoms with Crippen LogP contribution in [0.5, 0.6) is 0 Å². The van der Waals surface area contributed by atoms with Gasteiger partial charge < -0.3 is 15.5 Å². The molecule has 1 unspecified atom stereocenters. The predicted octanol–water partition coefficient (Wildman–Crippen LogP) is 0.0800. The first-order valence-corrected chi connectivity index (χ1v) is 5.17. The van der Waals surface area contributed by atoms with Crippen LogP contribution in [0.4, 0.5) is 11.8 Å². The second-order valence-corrected chi connectivity index (χ2v) is 4.10. The minimum atomic E-state index is 0.280. The molecule has 0 bridgehead atoms. The van der Waals surface area contributed by atoms with Crippen molar-refractivity contribution < 1.29 is 0 Å². The monoisotopic (exact) mass is 207 g/mol. The highest BCUT2D eigenvalue weighted by Gasteiger charge is 2.20. The first-order valence-electron chi connectivity index (χ1n) is 5.17. The van der Waals surface area contributed by atoms with Crippen molar-refractivity contribution in [2.45, 2.75) is 12.5 Å². The summed E-state index contributed by atoms with van der Waals surface area (Å²) in [5.41, 5.74) is 5.86. The molecule has 1 aromatic heterocycles. The zero-order chi connectivity index (χ0) is 10.8. The summed E-state index contributed by atoms with van der Waals surface area (Å²) in [5, 5.41) is 0. The first kappa shape index (κ1) is 10.2. The minimum absolute atomic E-state index is 0.280. The van der Waals surface area contributed by atoms with E-state index in [1.807, 2.05) is 25.1 Å². The van der Waals surface area contributed by atoms with Gasteiger partial charge in [0.1, 0.15) is 5.82 Å². The molecule has 1 aliphatic heterocycles. The lowest BCUT2D eigenvalue weighted by molar-refractivity contribution is 0.751. The molecule has 5 heteroatoms. The van der Waals surface area contributed by atoms with E-state index in [0.29, 0.717) is 0 Å². The molecule has 0 aromatic carbocycles. The molecule has 0 radical (unpaired) electrons. The Balaban J connectivity index is 2.18. The van der Waals surface area contributed by atoms with Gasteiger partial charge in [-0.05, 0) is 12.5 Å². The predicted molar refractivity (Wildman–Crippen MR) is 61.2 cm³/mol. The highest BCUT2D eigenvalue weighted by molar-refractivity contribution is 5.44. The second kappa shape index (κ2) is 4.02. The van der Waals surface area contributed by atoms with Crippen molar-refractivity contribution in [3.63, 3.8) is 0 Å². The Morgan fingerprint density at radius 2 is 2.33 bits per heavy atom. The molecule has 0 spiro atoms. The van der Waals surface area contributed by atoms with E-state index in [9.17, 15) is 0 Å². The summed E-state index contributed by atoms with van der Waals surface area (Å²) in [4.78, 5) is 12.8. The smallest absolute Gasteiger partial charge is 0.226 e. The fraction of sp³-hybridized carbons (Fsp3) is 0.600. The first-order chi connectivity index (χ1) is 7.16. The molecule has 5 nitrogen and oxygen atoms in total. The lowest BCUT2D eigenvalue weighted by Crippen LogP contribution is -2.27. The van der Waals surface area contributed by atoms with Gasteiger partial charge in [-0.25, -0.2) is 4.98 Å². The number of hydrogen-bond acceptors (Lipinski definition) is 5. The SMILES string of the molecule is CN(C)c1nccc(N2CCC(N)C2)n1. The van der Waals surface area contributed by atoms with Gasteiger partial charge in [0, 0.05) is 39.4 Å². The zero-order valence-electron chi connectivity index (χ0n) is 9.22.